The SMILES string of the molecule is Cc1ccc(C(=O)CSc2nnc(C)n2-c2ccccc2C)cc1. The Morgan fingerprint density at radius 1 is 1.00 bits per heavy atom. The summed E-state index contributed by atoms with van der Waals surface area (Å²) in [6, 6.07) is 15.7. The lowest BCUT2D eigenvalue weighted by molar-refractivity contribution is 0.102. The Kier molecular flexibility index (Phi) is 4.81. The quantitative estimate of drug-likeness (QED) is 0.518. The van der Waals surface area contributed by atoms with Crippen LogP contribution in [0.2, 0.25) is 0 Å². The first-order valence-corrected chi connectivity index (χ1v) is 8.75. The highest BCUT2D eigenvalue weighted by molar-refractivity contribution is 7.99. The van der Waals surface area contributed by atoms with Gasteiger partial charge >= 0.3 is 0 Å². The molecule has 0 fully saturated rings. The molecular weight excluding hydrogens is 318 g/mol. The summed E-state index contributed by atoms with van der Waals surface area (Å²) in [5, 5.41) is 9.15. The van der Waals surface area contributed by atoms with Gasteiger partial charge in [-0.05, 0) is 32.4 Å². The smallest absolute Gasteiger partial charge is 0.196 e. The van der Waals surface area contributed by atoms with Crippen LogP contribution in [0.25, 0.3) is 5.69 Å². The van der Waals surface area contributed by atoms with Crippen molar-refractivity contribution in [3.05, 3.63) is 71.0 Å². The van der Waals surface area contributed by atoms with E-state index in [-0.39, 0.29) is 5.78 Å². The molecule has 0 N–H and O–H groups in total. The molecule has 0 atom stereocenters. The van der Waals surface area contributed by atoms with Crippen LogP contribution >= 0.6 is 11.8 Å². The number of hydrogen-bond donors (Lipinski definition) is 0. The standard InChI is InChI=1S/C19H19N3OS/c1-13-8-10-16(11-9-13)18(23)12-24-19-21-20-15(3)22(19)17-7-5-4-6-14(17)2/h4-11H,12H2,1-3H3. The summed E-state index contributed by atoms with van der Waals surface area (Å²) in [5.41, 5.74) is 4.07. The molecule has 2 aromatic carbocycles. The Labute approximate surface area is 145 Å². The van der Waals surface area contributed by atoms with Crippen LogP contribution in [0.4, 0.5) is 0 Å². The van der Waals surface area contributed by atoms with E-state index in [1.54, 1.807) is 0 Å². The van der Waals surface area contributed by atoms with Gasteiger partial charge in [-0.25, -0.2) is 0 Å². The molecule has 0 radical (unpaired) electrons. The Morgan fingerprint density at radius 3 is 2.42 bits per heavy atom. The number of ketones is 1. The van der Waals surface area contributed by atoms with E-state index in [9.17, 15) is 4.79 Å². The molecular formula is C19H19N3OS. The van der Waals surface area contributed by atoms with Crippen LogP contribution in [-0.4, -0.2) is 26.3 Å². The van der Waals surface area contributed by atoms with Crippen molar-refractivity contribution in [3.63, 3.8) is 0 Å². The fourth-order valence-electron chi connectivity index (χ4n) is 2.48. The van der Waals surface area contributed by atoms with Crippen LogP contribution in [-0.2, 0) is 0 Å². The largest absolute Gasteiger partial charge is 0.293 e. The van der Waals surface area contributed by atoms with Gasteiger partial charge in [0.05, 0.1) is 11.4 Å². The third kappa shape index (κ3) is 3.41. The normalized spacial score (nSPS) is 10.8. The minimum Gasteiger partial charge on any atom is -0.293 e. The Morgan fingerprint density at radius 2 is 1.71 bits per heavy atom. The van der Waals surface area contributed by atoms with Gasteiger partial charge in [-0.1, -0.05) is 59.8 Å². The Hall–Kier alpha value is -2.40. The number of aromatic nitrogens is 3. The van der Waals surface area contributed by atoms with E-state index in [0.717, 1.165) is 33.4 Å². The molecule has 3 aromatic rings. The number of carbonyl (C=O) groups excluding carboxylic acids is 1. The van der Waals surface area contributed by atoms with Crippen molar-refractivity contribution in [2.24, 2.45) is 0 Å². The van der Waals surface area contributed by atoms with E-state index in [2.05, 4.69) is 23.2 Å². The second-order valence-corrected chi connectivity index (χ2v) is 6.67. The molecule has 24 heavy (non-hydrogen) atoms. The van der Waals surface area contributed by atoms with Gasteiger partial charge < -0.3 is 0 Å². The van der Waals surface area contributed by atoms with Gasteiger partial charge in [-0.3, -0.25) is 9.36 Å². The van der Waals surface area contributed by atoms with Crippen molar-refractivity contribution in [2.45, 2.75) is 25.9 Å². The monoisotopic (exact) mass is 337 g/mol. The molecule has 0 amide bonds. The number of nitrogens with zero attached hydrogens (tertiary/aromatic N) is 3. The van der Waals surface area contributed by atoms with Crippen LogP contribution in [0, 0.1) is 20.8 Å². The van der Waals surface area contributed by atoms with Crippen molar-refractivity contribution >= 4 is 17.5 Å². The highest BCUT2D eigenvalue weighted by Gasteiger charge is 2.15. The van der Waals surface area contributed by atoms with Crippen molar-refractivity contribution in [1.82, 2.24) is 14.8 Å². The summed E-state index contributed by atoms with van der Waals surface area (Å²) in [4.78, 5) is 12.4. The van der Waals surface area contributed by atoms with Crippen LogP contribution in [0.3, 0.4) is 0 Å². The number of hydrogen-bond acceptors (Lipinski definition) is 4. The van der Waals surface area contributed by atoms with Crippen LogP contribution in [0.1, 0.15) is 27.3 Å². The van der Waals surface area contributed by atoms with E-state index in [0.29, 0.717) is 5.75 Å². The van der Waals surface area contributed by atoms with Crippen molar-refractivity contribution in [3.8, 4) is 5.69 Å². The van der Waals surface area contributed by atoms with Gasteiger partial charge in [0.15, 0.2) is 10.9 Å². The van der Waals surface area contributed by atoms with E-state index in [1.807, 2.05) is 60.9 Å². The average Bonchev–Trinajstić information content (AvgIpc) is 2.94. The minimum absolute atomic E-state index is 0.0944. The lowest BCUT2D eigenvalue weighted by atomic mass is 10.1. The number of Topliss-reactive ketones (excluding diaryl/α,β-unsaturated/α-hetero) is 1. The summed E-state index contributed by atoms with van der Waals surface area (Å²) >= 11 is 1.42. The molecule has 1 aromatic heterocycles. The summed E-state index contributed by atoms with van der Waals surface area (Å²) in [5.74, 6) is 1.25. The van der Waals surface area contributed by atoms with E-state index in [1.165, 1.54) is 11.8 Å². The lowest BCUT2D eigenvalue weighted by Gasteiger charge is -2.10. The first-order valence-electron chi connectivity index (χ1n) is 7.77. The highest BCUT2D eigenvalue weighted by Crippen LogP contribution is 2.24. The molecule has 5 heteroatoms. The molecule has 0 saturated heterocycles. The summed E-state index contributed by atoms with van der Waals surface area (Å²) < 4.78 is 2.00. The summed E-state index contributed by atoms with van der Waals surface area (Å²) in [6.07, 6.45) is 0. The predicted octanol–water partition coefficient (Wildman–Crippen LogP) is 4.17. The van der Waals surface area contributed by atoms with Crippen molar-refractivity contribution in [2.75, 3.05) is 5.75 Å². The molecule has 0 saturated carbocycles. The fraction of sp³-hybridized carbons (Fsp3) is 0.211. The number of aryl methyl sites for hydroxylation is 3. The highest BCUT2D eigenvalue weighted by atomic mass is 32.2. The maximum atomic E-state index is 12.4. The molecule has 0 aliphatic carbocycles. The fourth-order valence-corrected chi connectivity index (χ4v) is 3.37. The van der Waals surface area contributed by atoms with E-state index >= 15 is 0 Å². The topological polar surface area (TPSA) is 47.8 Å². The van der Waals surface area contributed by atoms with Crippen molar-refractivity contribution < 1.29 is 4.79 Å². The zero-order valence-corrected chi connectivity index (χ0v) is 14.8. The zero-order chi connectivity index (χ0) is 17.1. The van der Waals surface area contributed by atoms with Crippen molar-refractivity contribution in [1.29, 1.82) is 0 Å². The van der Waals surface area contributed by atoms with Gasteiger partial charge in [-0.15, -0.1) is 10.2 Å². The third-order valence-corrected chi connectivity index (χ3v) is 4.79. The molecule has 1 heterocycles. The first-order chi connectivity index (χ1) is 11.6. The Balaban J connectivity index is 1.81. The first kappa shape index (κ1) is 16.5. The molecule has 4 nitrogen and oxygen atoms in total. The van der Waals surface area contributed by atoms with Gasteiger partial charge in [0.1, 0.15) is 5.82 Å². The number of carbonyl (C=O) groups is 1. The van der Waals surface area contributed by atoms with Crippen LogP contribution in [0.15, 0.2) is 53.7 Å². The predicted molar refractivity (Wildman–Crippen MR) is 97.1 cm³/mol. The van der Waals surface area contributed by atoms with Crippen LogP contribution in [0.5, 0.6) is 0 Å². The molecule has 122 valence electrons. The number of rotatable bonds is 5. The molecule has 0 aliphatic heterocycles. The third-order valence-electron chi connectivity index (χ3n) is 3.86. The zero-order valence-electron chi connectivity index (χ0n) is 14.0. The van der Waals surface area contributed by atoms with Gasteiger partial charge in [-0.2, -0.15) is 0 Å². The van der Waals surface area contributed by atoms with E-state index < -0.39 is 0 Å². The summed E-state index contributed by atoms with van der Waals surface area (Å²) in [6.45, 7) is 5.99. The van der Waals surface area contributed by atoms with Crippen LogP contribution < -0.4 is 0 Å². The molecule has 0 unspecified atom stereocenters. The maximum absolute atomic E-state index is 12.4. The van der Waals surface area contributed by atoms with Gasteiger partial charge in [0.2, 0.25) is 0 Å². The summed E-state index contributed by atoms with van der Waals surface area (Å²) in [7, 11) is 0. The van der Waals surface area contributed by atoms with E-state index in [4.69, 9.17) is 0 Å². The van der Waals surface area contributed by atoms with Gasteiger partial charge in [0.25, 0.3) is 0 Å². The molecule has 0 spiro atoms. The molecule has 0 aliphatic rings. The minimum atomic E-state index is 0.0944. The number of para-hydroxylation sites is 1. The molecule has 3 rings (SSSR count). The number of thioether (sulfide) groups is 1. The molecule has 0 bridgehead atoms. The second-order valence-electron chi connectivity index (χ2n) is 5.73. The average molecular weight is 337 g/mol. The number of benzene rings is 2. The lowest BCUT2D eigenvalue weighted by Crippen LogP contribution is -2.05. The van der Waals surface area contributed by atoms with Gasteiger partial charge in [0, 0.05) is 5.56 Å². The maximum Gasteiger partial charge on any atom is 0.196 e. The Bertz CT molecular complexity index is 869. The second kappa shape index (κ2) is 7.01.